The zero-order valence-electron chi connectivity index (χ0n) is 13.4. The van der Waals surface area contributed by atoms with Gasteiger partial charge in [-0.3, -0.25) is 4.79 Å². The summed E-state index contributed by atoms with van der Waals surface area (Å²) in [6.07, 6.45) is 1.41. The first kappa shape index (κ1) is 16.8. The van der Waals surface area contributed by atoms with Crippen LogP contribution in [0.5, 0.6) is 11.5 Å². The number of aromatic hydroxyl groups is 1. The highest BCUT2D eigenvalue weighted by Crippen LogP contribution is 2.25. The van der Waals surface area contributed by atoms with Crippen molar-refractivity contribution in [2.75, 3.05) is 7.11 Å². The molecule has 0 radical (unpaired) electrons. The fraction of sp³-hybridized carbons (Fsp3) is 0.0526. The Balaban J connectivity index is 1.86. The molecule has 0 aliphatic rings. The number of carbonyl (C=O) groups is 1. The highest BCUT2D eigenvalue weighted by Gasteiger charge is 2.12. The Morgan fingerprint density at radius 3 is 2.80 bits per heavy atom. The Bertz CT molecular complexity index is 970. The number of rotatable bonds is 4. The number of halogens is 1. The normalized spacial score (nSPS) is 11.0. The molecule has 1 amide bonds. The summed E-state index contributed by atoms with van der Waals surface area (Å²) in [5.41, 5.74) is 3.22. The standard InChI is InChI=1S/C19H15ClN2O3/c1-25-18-9-7-13(20)10-15(18)19(24)22-21-11-16-14-5-3-2-4-12(14)6-8-17(16)23/h2-11,23H,1H3,(H,22,24)/b21-11+. The van der Waals surface area contributed by atoms with Crippen LogP contribution in [-0.4, -0.2) is 24.3 Å². The Morgan fingerprint density at radius 2 is 2.00 bits per heavy atom. The van der Waals surface area contributed by atoms with Gasteiger partial charge in [-0.2, -0.15) is 5.10 Å². The van der Waals surface area contributed by atoms with Crippen LogP contribution in [0.4, 0.5) is 0 Å². The maximum atomic E-state index is 12.3. The number of nitrogens with zero attached hydrogens (tertiary/aromatic N) is 1. The van der Waals surface area contributed by atoms with E-state index < -0.39 is 5.91 Å². The molecule has 0 saturated heterocycles. The molecule has 0 saturated carbocycles. The Labute approximate surface area is 149 Å². The number of ether oxygens (including phenoxy) is 1. The summed E-state index contributed by atoms with van der Waals surface area (Å²) >= 11 is 5.93. The zero-order valence-corrected chi connectivity index (χ0v) is 14.1. The van der Waals surface area contributed by atoms with E-state index in [0.717, 1.165) is 10.8 Å². The van der Waals surface area contributed by atoms with Crippen molar-refractivity contribution >= 4 is 34.5 Å². The number of hydrogen-bond donors (Lipinski definition) is 2. The number of hydrogen-bond acceptors (Lipinski definition) is 4. The lowest BCUT2D eigenvalue weighted by Crippen LogP contribution is -2.18. The Hall–Kier alpha value is -3.05. The third-order valence-corrected chi connectivity index (χ3v) is 3.95. The van der Waals surface area contributed by atoms with Crippen molar-refractivity contribution in [3.8, 4) is 11.5 Å². The van der Waals surface area contributed by atoms with Crippen LogP contribution >= 0.6 is 11.6 Å². The van der Waals surface area contributed by atoms with Crippen LogP contribution in [-0.2, 0) is 0 Å². The second-order valence-electron chi connectivity index (χ2n) is 5.26. The number of methoxy groups -OCH3 is 1. The minimum Gasteiger partial charge on any atom is -0.507 e. The van der Waals surface area contributed by atoms with Gasteiger partial charge in [0.05, 0.1) is 18.9 Å². The third-order valence-electron chi connectivity index (χ3n) is 3.71. The van der Waals surface area contributed by atoms with Gasteiger partial charge in [-0.1, -0.05) is 41.9 Å². The van der Waals surface area contributed by atoms with E-state index in [9.17, 15) is 9.90 Å². The Morgan fingerprint density at radius 1 is 1.20 bits per heavy atom. The zero-order chi connectivity index (χ0) is 17.8. The van der Waals surface area contributed by atoms with Gasteiger partial charge in [-0.25, -0.2) is 5.43 Å². The molecule has 0 aliphatic heterocycles. The molecule has 3 aromatic rings. The minimum atomic E-state index is -0.463. The number of hydrazone groups is 1. The highest BCUT2D eigenvalue weighted by atomic mass is 35.5. The first-order chi connectivity index (χ1) is 12.1. The summed E-state index contributed by atoms with van der Waals surface area (Å²) in [5.74, 6) is 0.0115. The number of phenols is 1. The fourth-order valence-corrected chi connectivity index (χ4v) is 2.67. The van der Waals surface area contributed by atoms with Crippen molar-refractivity contribution in [1.82, 2.24) is 5.43 Å². The molecule has 0 aliphatic carbocycles. The second kappa shape index (κ2) is 7.23. The number of benzene rings is 3. The predicted molar refractivity (Wildman–Crippen MR) is 98.7 cm³/mol. The summed E-state index contributed by atoms with van der Waals surface area (Å²) in [5, 5.41) is 16.2. The fourth-order valence-electron chi connectivity index (χ4n) is 2.49. The van der Waals surface area contributed by atoms with Crippen LogP contribution in [0.15, 0.2) is 59.7 Å². The lowest BCUT2D eigenvalue weighted by atomic mass is 10.0. The van der Waals surface area contributed by atoms with Gasteiger partial charge in [-0.15, -0.1) is 0 Å². The summed E-state index contributed by atoms with van der Waals surface area (Å²) in [4.78, 5) is 12.3. The maximum Gasteiger partial charge on any atom is 0.275 e. The van der Waals surface area contributed by atoms with Crippen LogP contribution in [0.3, 0.4) is 0 Å². The average molecular weight is 355 g/mol. The predicted octanol–water partition coefficient (Wildman–Crippen LogP) is 3.97. The van der Waals surface area contributed by atoms with Crippen molar-refractivity contribution in [2.45, 2.75) is 0 Å². The van der Waals surface area contributed by atoms with Gasteiger partial charge in [0.15, 0.2) is 0 Å². The topological polar surface area (TPSA) is 70.9 Å². The summed E-state index contributed by atoms with van der Waals surface area (Å²) in [6.45, 7) is 0. The lowest BCUT2D eigenvalue weighted by molar-refractivity contribution is 0.0952. The molecule has 126 valence electrons. The number of nitrogens with one attached hydrogen (secondary N) is 1. The first-order valence-corrected chi connectivity index (χ1v) is 7.85. The molecule has 25 heavy (non-hydrogen) atoms. The summed E-state index contributed by atoms with van der Waals surface area (Å²) in [7, 11) is 1.47. The van der Waals surface area contributed by atoms with E-state index >= 15 is 0 Å². The maximum absolute atomic E-state index is 12.3. The molecule has 2 N–H and O–H groups in total. The summed E-state index contributed by atoms with van der Waals surface area (Å²) < 4.78 is 5.15. The van der Waals surface area contributed by atoms with Crippen molar-refractivity contribution in [2.24, 2.45) is 5.10 Å². The minimum absolute atomic E-state index is 0.0806. The van der Waals surface area contributed by atoms with Crippen molar-refractivity contribution < 1.29 is 14.6 Å². The number of phenolic OH excluding ortho intramolecular Hbond substituents is 1. The van der Waals surface area contributed by atoms with Crippen LogP contribution in [0.1, 0.15) is 15.9 Å². The van der Waals surface area contributed by atoms with E-state index in [4.69, 9.17) is 16.3 Å². The van der Waals surface area contributed by atoms with Crippen molar-refractivity contribution in [3.05, 3.63) is 70.7 Å². The SMILES string of the molecule is COc1ccc(Cl)cc1C(=O)N/N=C/c1c(O)ccc2ccccc12. The third kappa shape index (κ3) is 3.56. The number of fused-ring (bicyclic) bond motifs is 1. The van der Waals surface area contributed by atoms with E-state index in [1.54, 1.807) is 18.2 Å². The molecule has 5 nitrogen and oxygen atoms in total. The molecule has 0 spiro atoms. The molecule has 6 heteroatoms. The van der Waals surface area contributed by atoms with Gasteiger partial charge >= 0.3 is 0 Å². The monoisotopic (exact) mass is 354 g/mol. The molecule has 0 bridgehead atoms. The molecule has 3 aromatic carbocycles. The molecule has 0 heterocycles. The van der Waals surface area contributed by atoms with Crippen LogP contribution in [0, 0.1) is 0 Å². The van der Waals surface area contributed by atoms with Gasteiger partial charge in [-0.05, 0) is 35.0 Å². The van der Waals surface area contributed by atoms with E-state index in [-0.39, 0.29) is 11.3 Å². The second-order valence-corrected chi connectivity index (χ2v) is 5.70. The lowest BCUT2D eigenvalue weighted by Gasteiger charge is -2.07. The van der Waals surface area contributed by atoms with E-state index in [1.165, 1.54) is 19.4 Å². The average Bonchev–Trinajstić information content (AvgIpc) is 2.63. The van der Waals surface area contributed by atoms with Crippen molar-refractivity contribution in [1.29, 1.82) is 0 Å². The van der Waals surface area contributed by atoms with Gasteiger partial charge in [0, 0.05) is 10.6 Å². The highest BCUT2D eigenvalue weighted by molar-refractivity contribution is 6.31. The first-order valence-electron chi connectivity index (χ1n) is 7.48. The molecule has 0 unspecified atom stereocenters. The number of carbonyl (C=O) groups excluding carboxylic acids is 1. The molecular weight excluding hydrogens is 340 g/mol. The molecular formula is C19H15ClN2O3. The number of amides is 1. The van der Waals surface area contributed by atoms with E-state index in [0.29, 0.717) is 16.3 Å². The van der Waals surface area contributed by atoms with Crippen LogP contribution in [0.2, 0.25) is 5.02 Å². The van der Waals surface area contributed by atoms with E-state index in [2.05, 4.69) is 10.5 Å². The van der Waals surface area contributed by atoms with Crippen molar-refractivity contribution in [3.63, 3.8) is 0 Å². The molecule has 0 aromatic heterocycles. The quantitative estimate of drug-likeness (QED) is 0.550. The molecule has 0 atom stereocenters. The van der Waals surface area contributed by atoms with Crippen LogP contribution < -0.4 is 10.2 Å². The van der Waals surface area contributed by atoms with Gasteiger partial charge in [0.25, 0.3) is 5.91 Å². The van der Waals surface area contributed by atoms with E-state index in [1.807, 2.05) is 30.3 Å². The smallest absolute Gasteiger partial charge is 0.275 e. The van der Waals surface area contributed by atoms with Gasteiger partial charge < -0.3 is 9.84 Å². The largest absolute Gasteiger partial charge is 0.507 e. The molecule has 3 rings (SSSR count). The summed E-state index contributed by atoms with van der Waals surface area (Å²) in [6, 6.07) is 15.7. The van der Waals surface area contributed by atoms with Gasteiger partial charge in [0.1, 0.15) is 11.5 Å². The van der Waals surface area contributed by atoms with Gasteiger partial charge in [0.2, 0.25) is 0 Å². The van der Waals surface area contributed by atoms with Crippen LogP contribution in [0.25, 0.3) is 10.8 Å². The molecule has 0 fully saturated rings. The Kier molecular flexibility index (Phi) is 4.86.